The van der Waals surface area contributed by atoms with Gasteiger partial charge in [-0.1, -0.05) is 25.5 Å². The van der Waals surface area contributed by atoms with E-state index in [2.05, 4.69) is 5.10 Å². The molecule has 1 heterocycles. The van der Waals surface area contributed by atoms with E-state index in [0.717, 1.165) is 17.3 Å². The molecule has 0 saturated heterocycles. The van der Waals surface area contributed by atoms with E-state index in [1.54, 1.807) is 4.68 Å². The first-order valence-corrected chi connectivity index (χ1v) is 5.94. The quantitative estimate of drug-likeness (QED) is 0.881. The second-order valence-electron chi connectivity index (χ2n) is 4.18. The summed E-state index contributed by atoms with van der Waals surface area (Å²) in [6.07, 6.45) is 0.385. The highest BCUT2D eigenvalue weighted by atomic mass is 16.5. The Balaban J connectivity index is 2.33. The third-order valence-corrected chi connectivity index (χ3v) is 2.80. The van der Waals surface area contributed by atoms with Crippen molar-refractivity contribution in [2.45, 2.75) is 25.9 Å². The molecule has 0 saturated carbocycles. The number of carbonyl (C=O) groups is 1. The molecule has 1 atom stereocenters. The van der Waals surface area contributed by atoms with Crippen molar-refractivity contribution in [1.82, 2.24) is 9.78 Å². The summed E-state index contributed by atoms with van der Waals surface area (Å²) in [7, 11) is 1.81. The highest BCUT2D eigenvalue weighted by Crippen LogP contribution is 2.25. The molecule has 0 fully saturated rings. The lowest BCUT2D eigenvalue weighted by atomic mass is 10.2. The first-order chi connectivity index (χ1) is 8.63. The van der Waals surface area contributed by atoms with Gasteiger partial charge in [-0.25, -0.2) is 4.79 Å². The van der Waals surface area contributed by atoms with E-state index < -0.39 is 12.1 Å². The summed E-state index contributed by atoms with van der Waals surface area (Å²) in [6.45, 7) is 1.93. The minimum Gasteiger partial charge on any atom is -0.479 e. The van der Waals surface area contributed by atoms with Gasteiger partial charge >= 0.3 is 5.97 Å². The summed E-state index contributed by atoms with van der Waals surface area (Å²) in [5.74, 6) is -0.569. The maximum absolute atomic E-state index is 11.1. The number of carboxylic acid groups (broad SMARTS) is 1. The smallest absolute Gasteiger partial charge is 0.344 e. The van der Waals surface area contributed by atoms with Crippen LogP contribution in [0, 0.1) is 0 Å². The first-order valence-electron chi connectivity index (χ1n) is 5.94. The van der Waals surface area contributed by atoms with E-state index in [0.29, 0.717) is 12.3 Å². The largest absolute Gasteiger partial charge is 0.479 e. The molecule has 96 valence electrons. The van der Waals surface area contributed by atoms with Crippen molar-refractivity contribution in [3.05, 3.63) is 24.3 Å². The van der Waals surface area contributed by atoms with Crippen molar-refractivity contribution in [1.29, 1.82) is 0 Å². The molecule has 0 aliphatic heterocycles. The van der Waals surface area contributed by atoms with Crippen LogP contribution in [0.3, 0.4) is 0 Å². The molecule has 0 spiro atoms. The first kappa shape index (κ1) is 12.4. The Bertz CT molecular complexity index is 562. The molecule has 2 rings (SSSR count). The highest BCUT2D eigenvalue weighted by molar-refractivity contribution is 5.85. The Morgan fingerprint density at radius 3 is 2.89 bits per heavy atom. The molecule has 0 radical (unpaired) electrons. The van der Waals surface area contributed by atoms with Gasteiger partial charge in [0.1, 0.15) is 0 Å². The summed E-state index contributed by atoms with van der Waals surface area (Å²) < 4.78 is 7.21. The fourth-order valence-corrected chi connectivity index (χ4v) is 1.90. The Hall–Kier alpha value is -2.04. The number of para-hydroxylation sites is 1. The maximum Gasteiger partial charge on any atom is 0.344 e. The fourth-order valence-electron chi connectivity index (χ4n) is 1.90. The molecule has 1 aromatic carbocycles. The topological polar surface area (TPSA) is 64.4 Å². The van der Waals surface area contributed by atoms with Gasteiger partial charge in [-0.15, -0.1) is 5.10 Å². The number of carboxylic acids is 1. The second kappa shape index (κ2) is 5.08. The monoisotopic (exact) mass is 248 g/mol. The lowest BCUT2D eigenvalue weighted by Crippen LogP contribution is -2.26. The number of aromatic nitrogens is 2. The number of hydrogen-bond donors (Lipinski definition) is 1. The number of hydrogen-bond acceptors (Lipinski definition) is 3. The van der Waals surface area contributed by atoms with Crippen molar-refractivity contribution < 1.29 is 14.6 Å². The molecule has 0 bridgehead atoms. The van der Waals surface area contributed by atoms with E-state index in [1.807, 2.05) is 38.2 Å². The standard InChI is InChI=1S/C13H16N2O3/c1-3-6-11(13(16)17)18-12-9-7-4-5-8-10(9)15(2)14-12/h4-5,7-8,11H,3,6H2,1-2H3,(H,16,17). The molecule has 18 heavy (non-hydrogen) atoms. The molecule has 0 amide bonds. The van der Waals surface area contributed by atoms with Crippen LogP contribution in [0.4, 0.5) is 0 Å². The van der Waals surface area contributed by atoms with E-state index in [4.69, 9.17) is 9.84 Å². The van der Waals surface area contributed by atoms with E-state index >= 15 is 0 Å². The van der Waals surface area contributed by atoms with Gasteiger partial charge in [0.2, 0.25) is 5.88 Å². The zero-order valence-electron chi connectivity index (χ0n) is 10.5. The third kappa shape index (κ3) is 2.30. The minimum atomic E-state index is -0.952. The predicted molar refractivity (Wildman–Crippen MR) is 67.7 cm³/mol. The second-order valence-corrected chi connectivity index (χ2v) is 4.18. The lowest BCUT2D eigenvalue weighted by molar-refractivity contribution is -0.145. The van der Waals surface area contributed by atoms with Crippen LogP contribution in [0.2, 0.25) is 0 Å². The maximum atomic E-state index is 11.1. The van der Waals surface area contributed by atoms with Gasteiger partial charge in [0.15, 0.2) is 6.10 Å². The van der Waals surface area contributed by atoms with Crippen molar-refractivity contribution in [3.63, 3.8) is 0 Å². The van der Waals surface area contributed by atoms with E-state index in [-0.39, 0.29) is 0 Å². The van der Waals surface area contributed by atoms with Crippen LogP contribution < -0.4 is 4.74 Å². The molecule has 0 aliphatic rings. The zero-order chi connectivity index (χ0) is 13.1. The molecule has 5 nitrogen and oxygen atoms in total. The lowest BCUT2D eigenvalue weighted by Gasteiger charge is -2.12. The average Bonchev–Trinajstić information content (AvgIpc) is 2.66. The van der Waals surface area contributed by atoms with Gasteiger partial charge in [-0.3, -0.25) is 4.68 Å². The van der Waals surface area contributed by atoms with Crippen LogP contribution in [-0.4, -0.2) is 27.0 Å². The van der Waals surface area contributed by atoms with E-state index in [1.165, 1.54) is 0 Å². The number of benzene rings is 1. The van der Waals surface area contributed by atoms with Gasteiger partial charge in [0.25, 0.3) is 0 Å². The summed E-state index contributed by atoms with van der Waals surface area (Å²) in [6, 6.07) is 7.59. The Morgan fingerprint density at radius 2 is 2.22 bits per heavy atom. The molecular weight excluding hydrogens is 232 g/mol. The SMILES string of the molecule is CCCC(Oc1nn(C)c2ccccc12)C(=O)O. The summed E-state index contributed by atoms with van der Waals surface area (Å²) in [5.41, 5.74) is 0.924. The van der Waals surface area contributed by atoms with Gasteiger partial charge in [0, 0.05) is 7.05 Å². The van der Waals surface area contributed by atoms with Crippen LogP contribution in [-0.2, 0) is 11.8 Å². The van der Waals surface area contributed by atoms with Crippen LogP contribution in [0.5, 0.6) is 5.88 Å². The zero-order valence-corrected chi connectivity index (χ0v) is 10.5. The average molecular weight is 248 g/mol. The van der Waals surface area contributed by atoms with Gasteiger partial charge in [0.05, 0.1) is 10.9 Å². The Morgan fingerprint density at radius 1 is 1.50 bits per heavy atom. The molecule has 2 aromatic rings. The van der Waals surface area contributed by atoms with Crippen LogP contribution in [0.25, 0.3) is 10.9 Å². The predicted octanol–water partition coefficient (Wildman–Crippen LogP) is 2.21. The van der Waals surface area contributed by atoms with Crippen LogP contribution in [0.1, 0.15) is 19.8 Å². The summed E-state index contributed by atoms with van der Waals surface area (Å²) in [4.78, 5) is 11.1. The highest BCUT2D eigenvalue weighted by Gasteiger charge is 2.21. The summed E-state index contributed by atoms with van der Waals surface area (Å²) >= 11 is 0. The molecule has 1 N–H and O–H groups in total. The number of aliphatic carboxylic acids is 1. The molecule has 1 unspecified atom stereocenters. The molecule has 0 aliphatic carbocycles. The molecule has 1 aromatic heterocycles. The Kier molecular flexibility index (Phi) is 3.50. The van der Waals surface area contributed by atoms with Gasteiger partial charge in [-0.2, -0.15) is 0 Å². The number of rotatable bonds is 5. The number of fused-ring (bicyclic) bond motifs is 1. The van der Waals surface area contributed by atoms with Crippen molar-refractivity contribution in [2.75, 3.05) is 0 Å². The van der Waals surface area contributed by atoms with Gasteiger partial charge in [-0.05, 0) is 18.6 Å². The van der Waals surface area contributed by atoms with E-state index in [9.17, 15) is 4.79 Å². The van der Waals surface area contributed by atoms with Crippen LogP contribution in [0.15, 0.2) is 24.3 Å². The number of ether oxygens (including phenoxy) is 1. The molecule has 5 heteroatoms. The van der Waals surface area contributed by atoms with Crippen molar-refractivity contribution >= 4 is 16.9 Å². The normalized spacial score (nSPS) is 12.6. The summed E-state index contributed by atoms with van der Waals surface area (Å²) in [5, 5.41) is 14.1. The Labute approximate surface area is 105 Å². The number of nitrogens with zero attached hydrogens (tertiary/aromatic N) is 2. The van der Waals surface area contributed by atoms with Gasteiger partial charge < -0.3 is 9.84 Å². The third-order valence-electron chi connectivity index (χ3n) is 2.80. The fraction of sp³-hybridized carbons (Fsp3) is 0.385. The van der Waals surface area contributed by atoms with Crippen molar-refractivity contribution in [3.8, 4) is 5.88 Å². The minimum absolute atomic E-state index is 0.383. The van der Waals surface area contributed by atoms with Crippen molar-refractivity contribution in [2.24, 2.45) is 7.05 Å². The molecular formula is C13H16N2O3. The number of aryl methyl sites for hydroxylation is 1. The van der Waals surface area contributed by atoms with Crippen LogP contribution >= 0.6 is 0 Å².